The van der Waals surface area contributed by atoms with E-state index in [1.54, 1.807) is 26.0 Å². The van der Waals surface area contributed by atoms with Crippen LogP contribution < -0.4 is 5.32 Å². The second-order valence-electron chi connectivity index (χ2n) is 6.29. The molecule has 8 heteroatoms. The standard InChI is InChI=1S/C19H16BrF4N3/c1-9-12(5-4-6-14(9)19(22,23)24)10(2)25-18-13-7-15(20)16(21)8-17(13)26-11(3)27-18/h4-8,10H,1-3H3,(H,25,26,27)/t10-/m1/s1. The molecule has 1 atom stereocenters. The van der Waals surface area contributed by atoms with Crippen molar-refractivity contribution in [3.05, 3.63) is 63.1 Å². The first kappa shape index (κ1) is 19.5. The Balaban J connectivity index is 2.05. The number of alkyl halides is 3. The van der Waals surface area contributed by atoms with E-state index in [2.05, 4.69) is 31.2 Å². The zero-order valence-electron chi connectivity index (χ0n) is 14.7. The van der Waals surface area contributed by atoms with Crippen LogP contribution in [-0.4, -0.2) is 9.97 Å². The molecule has 3 rings (SSSR count). The fraction of sp³-hybridized carbons (Fsp3) is 0.263. The smallest absolute Gasteiger partial charge is 0.363 e. The van der Waals surface area contributed by atoms with Crippen molar-refractivity contribution in [2.45, 2.75) is 33.0 Å². The third-order valence-corrected chi connectivity index (χ3v) is 4.96. The Morgan fingerprint density at radius 2 is 1.81 bits per heavy atom. The number of fused-ring (bicyclic) bond motifs is 1. The minimum Gasteiger partial charge on any atom is -0.363 e. The Morgan fingerprint density at radius 1 is 1.11 bits per heavy atom. The van der Waals surface area contributed by atoms with Gasteiger partial charge >= 0.3 is 6.18 Å². The number of nitrogens with one attached hydrogen (secondary N) is 1. The van der Waals surface area contributed by atoms with E-state index in [1.807, 2.05) is 0 Å². The minimum absolute atomic E-state index is 0.160. The van der Waals surface area contributed by atoms with Gasteiger partial charge in [-0.3, -0.25) is 0 Å². The Morgan fingerprint density at radius 3 is 2.48 bits per heavy atom. The first-order valence-corrected chi connectivity index (χ1v) is 8.94. The summed E-state index contributed by atoms with van der Waals surface area (Å²) in [5, 5.41) is 3.72. The van der Waals surface area contributed by atoms with E-state index in [-0.39, 0.29) is 10.0 Å². The Labute approximate surface area is 162 Å². The number of rotatable bonds is 3. The van der Waals surface area contributed by atoms with Crippen molar-refractivity contribution in [1.82, 2.24) is 9.97 Å². The predicted molar refractivity (Wildman–Crippen MR) is 100 cm³/mol. The molecular weight excluding hydrogens is 426 g/mol. The second-order valence-corrected chi connectivity index (χ2v) is 7.14. The molecule has 2 aromatic carbocycles. The highest BCUT2D eigenvalue weighted by molar-refractivity contribution is 9.10. The monoisotopic (exact) mass is 441 g/mol. The topological polar surface area (TPSA) is 37.8 Å². The first-order chi connectivity index (χ1) is 12.6. The lowest BCUT2D eigenvalue weighted by molar-refractivity contribution is -0.138. The molecule has 0 unspecified atom stereocenters. The molecule has 0 bridgehead atoms. The van der Waals surface area contributed by atoms with Gasteiger partial charge in [0.05, 0.1) is 21.6 Å². The zero-order valence-corrected chi connectivity index (χ0v) is 16.3. The molecule has 3 nitrogen and oxygen atoms in total. The molecule has 142 valence electrons. The molecule has 0 radical (unpaired) electrons. The van der Waals surface area contributed by atoms with Crippen LogP contribution in [0.4, 0.5) is 23.4 Å². The van der Waals surface area contributed by atoms with Gasteiger partial charge < -0.3 is 5.32 Å². The van der Waals surface area contributed by atoms with E-state index in [9.17, 15) is 17.6 Å². The SMILES string of the molecule is Cc1nc(N[C@H](C)c2cccc(C(F)(F)F)c2C)c2cc(Br)c(F)cc2n1. The van der Waals surface area contributed by atoms with Crippen molar-refractivity contribution >= 4 is 32.7 Å². The molecule has 0 fully saturated rings. The maximum atomic E-state index is 13.8. The van der Waals surface area contributed by atoms with Gasteiger partial charge in [-0.05, 0) is 60.0 Å². The lowest BCUT2D eigenvalue weighted by Gasteiger charge is -2.21. The average molecular weight is 442 g/mol. The molecule has 0 aliphatic rings. The summed E-state index contributed by atoms with van der Waals surface area (Å²) in [7, 11) is 0. The summed E-state index contributed by atoms with van der Waals surface area (Å²) in [6, 6.07) is 6.49. The molecule has 3 aromatic rings. The van der Waals surface area contributed by atoms with Crippen LogP contribution in [0.1, 0.15) is 35.5 Å². The Bertz CT molecular complexity index is 1020. The van der Waals surface area contributed by atoms with E-state index in [1.165, 1.54) is 19.1 Å². The Hall–Kier alpha value is -2.22. The van der Waals surface area contributed by atoms with Gasteiger partial charge in [0.15, 0.2) is 0 Å². The summed E-state index contributed by atoms with van der Waals surface area (Å²) in [5.74, 6) is 0.413. The highest BCUT2D eigenvalue weighted by atomic mass is 79.9. The number of halogens is 5. The van der Waals surface area contributed by atoms with Crippen LogP contribution >= 0.6 is 15.9 Å². The molecule has 0 spiro atoms. The lowest BCUT2D eigenvalue weighted by Crippen LogP contribution is -2.14. The summed E-state index contributed by atoms with van der Waals surface area (Å²) < 4.78 is 53.6. The molecule has 1 heterocycles. The Kier molecular flexibility index (Phi) is 5.12. The maximum absolute atomic E-state index is 13.8. The molecule has 0 aliphatic heterocycles. The van der Waals surface area contributed by atoms with Crippen LogP contribution in [0.2, 0.25) is 0 Å². The van der Waals surface area contributed by atoms with Crippen LogP contribution in [0.25, 0.3) is 10.9 Å². The van der Waals surface area contributed by atoms with Gasteiger partial charge in [0, 0.05) is 11.5 Å². The number of hydrogen-bond acceptors (Lipinski definition) is 3. The van der Waals surface area contributed by atoms with E-state index in [0.717, 1.165) is 6.07 Å². The van der Waals surface area contributed by atoms with Crippen LogP contribution in [0.3, 0.4) is 0 Å². The zero-order chi connectivity index (χ0) is 19.9. The maximum Gasteiger partial charge on any atom is 0.416 e. The van der Waals surface area contributed by atoms with Gasteiger partial charge in [0.2, 0.25) is 0 Å². The molecule has 0 saturated heterocycles. The van der Waals surface area contributed by atoms with Gasteiger partial charge in [-0.15, -0.1) is 0 Å². The molecule has 1 aromatic heterocycles. The van der Waals surface area contributed by atoms with Gasteiger partial charge in [0.25, 0.3) is 0 Å². The lowest BCUT2D eigenvalue weighted by atomic mass is 9.97. The van der Waals surface area contributed by atoms with Crippen molar-refractivity contribution in [2.24, 2.45) is 0 Å². The van der Waals surface area contributed by atoms with Crippen LogP contribution in [-0.2, 0) is 6.18 Å². The fourth-order valence-corrected chi connectivity index (χ4v) is 3.41. The van der Waals surface area contributed by atoms with Crippen molar-refractivity contribution in [2.75, 3.05) is 5.32 Å². The average Bonchev–Trinajstić information content (AvgIpc) is 2.55. The summed E-state index contributed by atoms with van der Waals surface area (Å²) in [6.07, 6.45) is -4.42. The van der Waals surface area contributed by atoms with Crippen LogP contribution in [0.15, 0.2) is 34.8 Å². The quantitative estimate of drug-likeness (QED) is 0.481. The van der Waals surface area contributed by atoms with Gasteiger partial charge in [0.1, 0.15) is 17.5 Å². The largest absolute Gasteiger partial charge is 0.416 e. The van der Waals surface area contributed by atoms with Crippen molar-refractivity contribution < 1.29 is 17.6 Å². The van der Waals surface area contributed by atoms with Crippen molar-refractivity contribution in [3.63, 3.8) is 0 Å². The number of benzene rings is 2. The van der Waals surface area contributed by atoms with Gasteiger partial charge in [-0.2, -0.15) is 13.2 Å². The highest BCUT2D eigenvalue weighted by Gasteiger charge is 2.33. The number of aryl methyl sites for hydroxylation is 1. The van der Waals surface area contributed by atoms with E-state index in [0.29, 0.717) is 28.1 Å². The molecule has 0 aliphatic carbocycles. The van der Waals surface area contributed by atoms with Gasteiger partial charge in [-0.1, -0.05) is 12.1 Å². The van der Waals surface area contributed by atoms with Crippen molar-refractivity contribution in [3.8, 4) is 0 Å². The van der Waals surface area contributed by atoms with E-state index in [4.69, 9.17) is 0 Å². The molecular formula is C19H16BrF4N3. The third-order valence-electron chi connectivity index (χ3n) is 4.35. The van der Waals surface area contributed by atoms with Gasteiger partial charge in [-0.25, -0.2) is 14.4 Å². The van der Waals surface area contributed by atoms with E-state index >= 15 is 0 Å². The minimum atomic E-state index is -4.42. The molecule has 0 amide bonds. The predicted octanol–water partition coefficient (Wildman–Crippen LogP) is 6.34. The molecule has 1 N–H and O–H groups in total. The number of anilines is 1. The fourth-order valence-electron chi connectivity index (χ4n) is 3.06. The normalized spacial score (nSPS) is 13.0. The highest BCUT2D eigenvalue weighted by Crippen LogP contribution is 2.36. The second kappa shape index (κ2) is 7.07. The van der Waals surface area contributed by atoms with Crippen LogP contribution in [0, 0.1) is 19.7 Å². The summed E-state index contributed by atoms with van der Waals surface area (Å²) in [6.45, 7) is 4.88. The first-order valence-electron chi connectivity index (χ1n) is 8.14. The number of hydrogen-bond donors (Lipinski definition) is 1. The molecule has 27 heavy (non-hydrogen) atoms. The summed E-state index contributed by atoms with van der Waals surface area (Å²) in [4.78, 5) is 8.57. The van der Waals surface area contributed by atoms with Crippen molar-refractivity contribution in [1.29, 1.82) is 0 Å². The van der Waals surface area contributed by atoms with E-state index < -0.39 is 23.6 Å². The summed E-state index contributed by atoms with van der Waals surface area (Å²) in [5.41, 5.74) is 0.420. The number of nitrogens with zero attached hydrogens (tertiary/aromatic N) is 2. The van der Waals surface area contributed by atoms with Crippen LogP contribution in [0.5, 0.6) is 0 Å². The third kappa shape index (κ3) is 3.90. The number of aromatic nitrogens is 2. The molecule has 0 saturated carbocycles. The summed E-state index contributed by atoms with van der Waals surface area (Å²) >= 11 is 3.14.